The fourth-order valence-corrected chi connectivity index (χ4v) is 2.89. The number of halogens is 1. The summed E-state index contributed by atoms with van der Waals surface area (Å²) in [5.41, 5.74) is 4.26. The number of benzene rings is 1. The SMILES string of the molecule is NNC(Cc1ccc(Cl)cc1)CC1CCCC1. The van der Waals surface area contributed by atoms with Crippen molar-refractivity contribution in [2.24, 2.45) is 11.8 Å². The number of hydrogen-bond donors (Lipinski definition) is 2. The zero-order valence-corrected chi connectivity index (χ0v) is 10.9. The molecule has 1 fully saturated rings. The fourth-order valence-electron chi connectivity index (χ4n) is 2.76. The molecule has 1 saturated carbocycles. The molecule has 0 aliphatic heterocycles. The van der Waals surface area contributed by atoms with Crippen LogP contribution in [-0.2, 0) is 6.42 Å². The van der Waals surface area contributed by atoms with Gasteiger partial charge in [-0.3, -0.25) is 11.3 Å². The summed E-state index contributed by atoms with van der Waals surface area (Å²) in [4.78, 5) is 0. The van der Waals surface area contributed by atoms with Crippen molar-refractivity contribution in [1.29, 1.82) is 0 Å². The molecule has 1 atom stereocenters. The maximum atomic E-state index is 5.88. The van der Waals surface area contributed by atoms with Crippen LogP contribution in [0.1, 0.15) is 37.7 Å². The summed E-state index contributed by atoms with van der Waals surface area (Å²) in [6.07, 6.45) is 7.71. The Morgan fingerprint density at radius 2 is 1.88 bits per heavy atom. The van der Waals surface area contributed by atoms with E-state index in [0.29, 0.717) is 6.04 Å². The Morgan fingerprint density at radius 3 is 2.47 bits per heavy atom. The largest absolute Gasteiger partial charge is 0.271 e. The maximum Gasteiger partial charge on any atom is 0.0406 e. The van der Waals surface area contributed by atoms with Crippen molar-refractivity contribution < 1.29 is 0 Å². The van der Waals surface area contributed by atoms with Crippen molar-refractivity contribution in [3.8, 4) is 0 Å². The Kier molecular flexibility index (Phi) is 4.84. The Labute approximate surface area is 109 Å². The Bertz CT molecular complexity index is 331. The number of rotatable bonds is 5. The van der Waals surface area contributed by atoms with Gasteiger partial charge in [-0.2, -0.15) is 0 Å². The predicted molar refractivity (Wildman–Crippen MR) is 72.8 cm³/mol. The van der Waals surface area contributed by atoms with E-state index in [1.165, 1.54) is 37.7 Å². The molecule has 3 heteroatoms. The normalized spacial score (nSPS) is 18.5. The minimum absolute atomic E-state index is 0.388. The number of hydrazine groups is 1. The highest BCUT2D eigenvalue weighted by Crippen LogP contribution is 2.29. The van der Waals surface area contributed by atoms with Crippen LogP contribution in [0.3, 0.4) is 0 Å². The highest BCUT2D eigenvalue weighted by Gasteiger charge is 2.19. The molecule has 94 valence electrons. The van der Waals surface area contributed by atoms with Crippen LogP contribution in [0.4, 0.5) is 0 Å². The zero-order valence-electron chi connectivity index (χ0n) is 10.2. The van der Waals surface area contributed by atoms with E-state index in [4.69, 9.17) is 17.4 Å². The molecular formula is C14H21ClN2. The van der Waals surface area contributed by atoms with Gasteiger partial charge in [0.05, 0.1) is 0 Å². The highest BCUT2D eigenvalue weighted by atomic mass is 35.5. The smallest absolute Gasteiger partial charge is 0.0406 e. The fraction of sp³-hybridized carbons (Fsp3) is 0.571. The molecule has 0 aromatic heterocycles. The van der Waals surface area contributed by atoms with Crippen molar-refractivity contribution in [2.45, 2.75) is 44.6 Å². The van der Waals surface area contributed by atoms with Crippen molar-refractivity contribution in [1.82, 2.24) is 5.43 Å². The van der Waals surface area contributed by atoms with Gasteiger partial charge in [0.1, 0.15) is 0 Å². The summed E-state index contributed by atoms with van der Waals surface area (Å²) in [6, 6.07) is 8.45. The van der Waals surface area contributed by atoms with Gasteiger partial charge >= 0.3 is 0 Å². The van der Waals surface area contributed by atoms with Gasteiger partial charge < -0.3 is 0 Å². The second kappa shape index (κ2) is 6.39. The molecule has 0 radical (unpaired) electrons. The van der Waals surface area contributed by atoms with Gasteiger partial charge in [-0.25, -0.2) is 0 Å². The topological polar surface area (TPSA) is 38.0 Å². The Balaban J connectivity index is 1.87. The van der Waals surface area contributed by atoms with Crippen LogP contribution in [0.15, 0.2) is 24.3 Å². The number of nitrogens with two attached hydrogens (primary N) is 1. The molecule has 1 aliphatic carbocycles. The summed E-state index contributed by atoms with van der Waals surface area (Å²) < 4.78 is 0. The minimum atomic E-state index is 0.388. The van der Waals surface area contributed by atoms with Gasteiger partial charge in [0, 0.05) is 11.1 Å². The first-order chi connectivity index (χ1) is 8.28. The highest BCUT2D eigenvalue weighted by molar-refractivity contribution is 6.30. The molecule has 1 aromatic carbocycles. The lowest BCUT2D eigenvalue weighted by Gasteiger charge is -2.19. The average molecular weight is 253 g/mol. The average Bonchev–Trinajstić information content (AvgIpc) is 2.84. The van der Waals surface area contributed by atoms with Crippen LogP contribution in [0, 0.1) is 5.92 Å². The molecule has 17 heavy (non-hydrogen) atoms. The third kappa shape index (κ3) is 3.98. The third-order valence-corrected chi connectivity index (χ3v) is 3.98. The molecule has 0 spiro atoms. The monoisotopic (exact) mass is 252 g/mol. The first kappa shape index (κ1) is 12.9. The molecule has 2 nitrogen and oxygen atoms in total. The third-order valence-electron chi connectivity index (χ3n) is 3.72. The molecule has 1 unspecified atom stereocenters. The van der Waals surface area contributed by atoms with Crippen molar-refractivity contribution in [2.75, 3.05) is 0 Å². The second-order valence-electron chi connectivity index (χ2n) is 5.08. The standard InChI is InChI=1S/C14H21ClN2/c15-13-7-5-12(6-8-13)10-14(17-16)9-11-3-1-2-4-11/h5-8,11,14,17H,1-4,9-10,16H2. The van der Waals surface area contributed by atoms with Gasteiger partial charge in [-0.05, 0) is 36.5 Å². The lowest BCUT2D eigenvalue weighted by atomic mass is 9.94. The molecule has 0 heterocycles. The molecule has 0 bridgehead atoms. The lowest BCUT2D eigenvalue weighted by Crippen LogP contribution is -2.38. The molecule has 0 amide bonds. The van der Waals surface area contributed by atoms with E-state index in [1.807, 2.05) is 12.1 Å². The van der Waals surface area contributed by atoms with E-state index in [9.17, 15) is 0 Å². The van der Waals surface area contributed by atoms with Crippen LogP contribution < -0.4 is 11.3 Å². The van der Waals surface area contributed by atoms with E-state index in [0.717, 1.165) is 17.4 Å². The molecule has 1 aliphatic rings. The molecule has 2 rings (SSSR count). The molecular weight excluding hydrogens is 232 g/mol. The summed E-state index contributed by atoms with van der Waals surface area (Å²) >= 11 is 5.88. The van der Waals surface area contributed by atoms with Crippen molar-refractivity contribution in [3.05, 3.63) is 34.9 Å². The van der Waals surface area contributed by atoms with E-state index < -0.39 is 0 Å². The van der Waals surface area contributed by atoms with Gasteiger partial charge in [0.2, 0.25) is 0 Å². The molecule has 0 saturated heterocycles. The molecule has 3 N–H and O–H groups in total. The predicted octanol–water partition coefficient (Wildman–Crippen LogP) is 3.29. The summed E-state index contributed by atoms with van der Waals surface area (Å²) in [7, 11) is 0. The number of hydrogen-bond acceptors (Lipinski definition) is 2. The Morgan fingerprint density at radius 1 is 1.24 bits per heavy atom. The van der Waals surface area contributed by atoms with E-state index >= 15 is 0 Å². The number of nitrogens with one attached hydrogen (secondary N) is 1. The van der Waals surface area contributed by atoms with Crippen molar-refractivity contribution >= 4 is 11.6 Å². The van der Waals surface area contributed by atoms with Crippen LogP contribution in [0.5, 0.6) is 0 Å². The van der Waals surface area contributed by atoms with E-state index in [2.05, 4.69) is 17.6 Å². The Hall–Kier alpha value is -0.570. The van der Waals surface area contributed by atoms with Crippen LogP contribution in [-0.4, -0.2) is 6.04 Å². The van der Waals surface area contributed by atoms with Gasteiger partial charge in [0.15, 0.2) is 0 Å². The zero-order chi connectivity index (χ0) is 12.1. The first-order valence-electron chi connectivity index (χ1n) is 6.48. The summed E-state index contributed by atoms with van der Waals surface area (Å²) in [6.45, 7) is 0. The minimum Gasteiger partial charge on any atom is -0.271 e. The maximum absolute atomic E-state index is 5.88. The van der Waals surface area contributed by atoms with Gasteiger partial charge in [0.25, 0.3) is 0 Å². The second-order valence-corrected chi connectivity index (χ2v) is 5.52. The quantitative estimate of drug-likeness (QED) is 0.623. The summed E-state index contributed by atoms with van der Waals surface area (Å²) in [5.74, 6) is 6.52. The first-order valence-corrected chi connectivity index (χ1v) is 6.86. The molecule has 1 aromatic rings. The van der Waals surface area contributed by atoms with Gasteiger partial charge in [-0.1, -0.05) is 49.4 Å². The summed E-state index contributed by atoms with van der Waals surface area (Å²) in [5, 5.41) is 0.793. The lowest BCUT2D eigenvalue weighted by molar-refractivity contribution is 0.389. The van der Waals surface area contributed by atoms with Gasteiger partial charge in [-0.15, -0.1) is 0 Å². The van der Waals surface area contributed by atoms with E-state index in [1.54, 1.807) is 0 Å². The van der Waals surface area contributed by atoms with Crippen LogP contribution in [0.25, 0.3) is 0 Å². The van der Waals surface area contributed by atoms with Crippen molar-refractivity contribution in [3.63, 3.8) is 0 Å². The van der Waals surface area contributed by atoms with Crippen LogP contribution >= 0.6 is 11.6 Å². The van der Waals surface area contributed by atoms with E-state index in [-0.39, 0.29) is 0 Å². The van der Waals surface area contributed by atoms with Crippen LogP contribution in [0.2, 0.25) is 5.02 Å².